The van der Waals surface area contributed by atoms with Gasteiger partial charge in [-0.3, -0.25) is 9.59 Å². The van der Waals surface area contributed by atoms with Crippen molar-refractivity contribution < 1.29 is 14.3 Å². The van der Waals surface area contributed by atoms with Gasteiger partial charge in [-0.15, -0.1) is 11.3 Å². The van der Waals surface area contributed by atoms with Gasteiger partial charge in [0.15, 0.2) is 6.61 Å². The Morgan fingerprint density at radius 2 is 1.96 bits per heavy atom. The minimum Gasteiger partial charge on any atom is -0.456 e. The molecule has 0 saturated carbocycles. The van der Waals surface area contributed by atoms with E-state index in [1.807, 2.05) is 24.3 Å². The third kappa shape index (κ3) is 4.94. The highest BCUT2D eigenvalue weighted by Gasteiger charge is 2.11. The molecule has 1 heterocycles. The summed E-state index contributed by atoms with van der Waals surface area (Å²) in [5.74, 6) is -0.945. The number of halogens is 2. The molecule has 3 rings (SSSR count). The molecule has 0 aliphatic heterocycles. The molecule has 1 aromatic heterocycles. The van der Waals surface area contributed by atoms with Gasteiger partial charge in [0.2, 0.25) is 0 Å². The smallest absolute Gasteiger partial charge is 0.306 e. The van der Waals surface area contributed by atoms with Crippen LogP contribution in [0.2, 0.25) is 10.0 Å². The number of nitrogens with zero attached hydrogens (tertiary/aromatic N) is 1. The van der Waals surface area contributed by atoms with Crippen molar-refractivity contribution in [1.82, 2.24) is 4.98 Å². The van der Waals surface area contributed by atoms with Crippen LogP contribution in [0.4, 0.5) is 5.69 Å². The fourth-order valence-electron chi connectivity index (χ4n) is 2.23. The number of carbonyl (C=O) groups is 2. The number of aromatic nitrogens is 1. The van der Waals surface area contributed by atoms with Gasteiger partial charge < -0.3 is 10.1 Å². The van der Waals surface area contributed by atoms with Crippen LogP contribution < -0.4 is 5.32 Å². The molecular weight excluding hydrogens is 395 g/mol. The number of ether oxygens (including phenoxy) is 1. The highest BCUT2D eigenvalue weighted by molar-refractivity contribution is 7.18. The molecule has 1 N–H and O–H groups in total. The zero-order valence-electron chi connectivity index (χ0n) is 13.5. The quantitative estimate of drug-likeness (QED) is 0.599. The standard InChI is InChI=1S/C18H14Cl2N2O3S/c19-11-5-6-12(20)14(9-11)21-16(23)10-25-18(24)8-7-17-22-13-3-1-2-4-15(13)26-17/h1-6,9H,7-8,10H2,(H,21,23). The fraction of sp³-hybridized carbons (Fsp3) is 0.167. The normalized spacial score (nSPS) is 10.7. The summed E-state index contributed by atoms with van der Waals surface area (Å²) >= 11 is 13.4. The lowest BCUT2D eigenvalue weighted by atomic mass is 10.3. The van der Waals surface area contributed by atoms with Gasteiger partial charge in [0.1, 0.15) is 0 Å². The van der Waals surface area contributed by atoms with E-state index in [0.29, 0.717) is 22.2 Å². The maximum atomic E-state index is 11.9. The predicted octanol–water partition coefficient (Wildman–Crippen LogP) is 4.72. The van der Waals surface area contributed by atoms with Crippen LogP contribution in [0.25, 0.3) is 10.2 Å². The number of hydrogen-bond acceptors (Lipinski definition) is 5. The summed E-state index contributed by atoms with van der Waals surface area (Å²) in [6.07, 6.45) is 0.630. The molecule has 0 radical (unpaired) electrons. The number of thiazole rings is 1. The Bertz CT molecular complexity index is 926. The van der Waals surface area contributed by atoms with Crippen LogP contribution in [-0.4, -0.2) is 23.5 Å². The van der Waals surface area contributed by atoms with Gasteiger partial charge in [-0.2, -0.15) is 0 Å². The number of nitrogens with one attached hydrogen (secondary N) is 1. The van der Waals surface area contributed by atoms with Crippen LogP contribution in [0.15, 0.2) is 42.5 Å². The molecule has 0 fully saturated rings. The Morgan fingerprint density at radius 3 is 2.77 bits per heavy atom. The van der Waals surface area contributed by atoms with Crippen LogP contribution in [-0.2, 0) is 20.7 Å². The van der Waals surface area contributed by atoms with Crippen molar-refractivity contribution in [3.63, 3.8) is 0 Å². The number of amides is 1. The lowest BCUT2D eigenvalue weighted by Crippen LogP contribution is -2.21. The molecule has 0 aliphatic rings. The van der Waals surface area contributed by atoms with E-state index in [0.717, 1.165) is 15.2 Å². The highest BCUT2D eigenvalue weighted by Crippen LogP contribution is 2.25. The van der Waals surface area contributed by atoms with E-state index in [4.69, 9.17) is 27.9 Å². The third-order valence-corrected chi connectivity index (χ3v) is 5.11. The number of anilines is 1. The zero-order valence-corrected chi connectivity index (χ0v) is 15.8. The Labute approximate surface area is 163 Å². The first-order valence-electron chi connectivity index (χ1n) is 7.76. The summed E-state index contributed by atoms with van der Waals surface area (Å²) in [5, 5.41) is 4.21. The number of rotatable bonds is 6. The first-order chi connectivity index (χ1) is 12.5. The fourth-order valence-corrected chi connectivity index (χ4v) is 3.54. The van der Waals surface area contributed by atoms with Crippen molar-refractivity contribution in [3.05, 3.63) is 57.5 Å². The molecular formula is C18H14Cl2N2O3S. The van der Waals surface area contributed by atoms with E-state index in [-0.39, 0.29) is 13.0 Å². The summed E-state index contributed by atoms with van der Waals surface area (Å²) in [6.45, 7) is -0.387. The molecule has 2 aromatic carbocycles. The maximum Gasteiger partial charge on any atom is 0.306 e. The average Bonchev–Trinajstić information content (AvgIpc) is 3.04. The number of aryl methyl sites for hydroxylation is 1. The molecule has 0 saturated heterocycles. The van der Waals surface area contributed by atoms with Crippen molar-refractivity contribution in [1.29, 1.82) is 0 Å². The number of benzene rings is 2. The second-order valence-corrected chi connectivity index (χ2v) is 7.37. The van der Waals surface area contributed by atoms with Crippen LogP contribution in [0.3, 0.4) is 0 Å². The molecule has 134 valence electrons. The van der Waals surface area contributed by atoms with Crippen LogP contribution >= 0.6 is 34.5 Å². The van der Waals surface area contributed by atoms with E-state index in [1.54, 1.807) is 23.5 Å². The first-order valence-corrected chi connectivity index (χ1v) is 9.33. The maximum absolute atomic E-state index is 11.9. The minimum absolute atomic E-state index is 0.158. The number of fused-ring (bicyclic) bond motifs is 1. The summed E-state index contributed by atoms with van der Waals surface area (Å²) in [5.41, 5.74) is 1.29. The van der Waals surface area contributed by atoms with Crippen LogP contribution in [0, 0.1) is 0 Å². The average molecular weight is 409 g/mol. The van der Waals surface area contributed by atoms with Crippen LogP contribution in [0.5, 0.6) is 0 Å². The van der Waals surface area contributed by atoms with Gasteiger partial charge >= 0.3 is 5.97 Å². The Morgan fingerprint density at radius 1 is 1.15 bits per heavy atom. The molecule has 8 heteroatoms. The van der Waals surface area contributed by atoms with Crippen molar-refractivity contribution in [3.8, 4) is 0 Å². The molecule has 3 aromatic rings. The molecule has 0 spiro atoms. The Hall–Kier alpha value is -2.15. The number of hydrogen-bond donors (Lipinski definition) is 1. The van der Waals surface area contributed by atoms with Crippen LogP contribution in [0.1, 0.15) is 11.4 Å². The topological polar surface area (TPSA) is 68.3 Å². The number of esters is 1. The zero-order chi connectivity index (χ0) is 18.5. The lowest BCUT2D eigenvalue weighted by molar-refractivity contribution is -0.147. The van der Waals surface area contributed by atoms with Gasteiger partial charge in [0, 0.05) is 11.4 Å². The molecule has 0 bridgehead atoms. The van der Waals surface area contributed by atoms with E-state index in [1.165, 1.54) is 6.07 Å². The third-order valence-electron chi connectivity index (χ3n) is 3.45. The summed E-state index contributed by atoms with van der Waals surface area (Å²) in [4.78, 5) is 28.2. The van der Waals surface area contributed by atoms with Gasteiger partial charge in [0.05, 0.1) is 32.4 Å². The molecule has 0 atom stereocenters. The molecule has 26 heavy (non-hydrogen) atoms. The molecule has 1 amide bonds. The number of para-hydroxylation sites is 1. The largest absolute Gasteiger partial charge is 0.456 e. The highest BCUT2D eigenvalue weighted by atomic mass is 35.5. The predicted molar refractivity (Wildman–Crippen MR) is 104 cm³/mol. The van der Waals surface area contributed by atoms with Crippen molar-refractivity contribution >= 4 is 62.3 Å². The van der Waals surface area contributed by atoms with Gasteiger partial charge in [-0.05, 0) is 30.3 Å². The monoisotopic (exact) mass is 408 g/mol. The first kappa shape index (κ1) is 18.6. The van der Waals surface area contributed by atoms with Gasteiger partial charge in [-0.1, -0.05) is 35.3 Å². The van der Waals surface area contributed by atoms with E-state index in [2.05, 4.69) is 10.3 Å². The lowest BCUT2D eigenvalue weighted by Gasteiger charge is -2.08. The van der Waals surface area contributed by atoms with E-state index in [9.17, 15) is 9.59 Å². The van der Waals surface area contributed by atoms with Gasteiger partial charge in [0.25, 0.3) is 5.91 Å². The summed E-state index contributed by atoms with van der Waals surface area (Å²) in [7, 11) is 0. The van der Waals surface area contributed by atoms with Crippen molar-refractivity contribution in [2.24, 2.45) is 0 Å². The molecule has 0 unspecified atom stereocenters. The number of carbonyl (C=O) groups excluding carboxylic acids is 2. The SMILES string of the molecule is O=C(COC(=O)CCc1nc2ccccc2s1)Nc1cc(Cl)ccc1Cl. The Balaban J connectivity index is 1.46. The molecule has 0 aliphatic carbocycles. The van der Waals surface area contributed by atoms with Crippen molar-refractivity contribution in [2.75, 3.05) is 11.9 Å². The van der Waals surface area contributed by atoms with Crippen molar-refractivity contribution in [2.45, 2.75) is 12.8 Å². The second kappa shape index (κ2) is 8.49. The van der Waals surface area contributed by atoms with E-state index >= 15 is 0 Å². The molecule has 5 nitrogen and oxygen atoms in total. The minimum atomic E-state index is -0.484. The Kier molecular flexibility index (Phi) is 6.08. The van der Waals surface area contributed by atoms with E-state index < -0.39 is 11.9 Å². The summed E-state index contributed by atoms with van der Waals surface area (Å²) in [6, 6.07) is 12.5. The summed E-state index contributed by atoms with van der Waals surface area (Å²) < 4.78 is 6.07. The second-order valence-electron chi connectivity index (χ2n) is 5.41. The van der Waals surface area contributed by atoms with Gasteiger partial charge in [-0.25, -0.2) is 4.98 Å².